The summed E-state index contributed by atoms with van der Waals surface area (Å²) < 4.78 is 44.6. The number of hydrogen-bond donors (Lipinski definition) is 2. The summed E-state index contributed by atoms with van der Waals surface area (Å²) >= 11 is 0. The Kier molecular flexibility index (Phi) is 10.5. The van der Waals surface area contributed by atoms with Crippen LogP contribution in [-0.4, -0.2) is 52.5 Å². The third kappa shape index (κ3) is 7.40. The summed E-state index contributed by atoms with van der Waals surface area (Å²) in [5, 5.41) is 6.27. The van der Waals surface area contributed by atoms with Crippen LogP contribution in [0.15, 0.2) is 58.4 Å². The Labute approximate surface area is 194 Å². The Bertz CT molecular complexity index is 937. The van der Waals surface area contributed by atoms with E-state index in [9.17, 15) is 12.8 Å². The smallest absolute Gasteiger partial charge is 0.242 e. The van der Waals surface area contributed by atoms with E-state index in [1.807, 2.05) is 6.92 Å². The largest absolute Gasteiger partial charge is 0.486 e. The molecule has 2 aromatic carbocycles. The fourth-order valence-corrected chi connectivity index (χ4v) is 3.34. The molecule has 10 heteroatoms. The molecule has 0 radical (unpaired) electrons. The third-order valence-corrected chi connectivity index (χ3v) is 5.94. The Hall–Kier alpha value is -1.92. The highest BCUT2D eigenvalue weighted by Crippen LogP contribution is 2.17. The van der Waals surface area contributed by atoms with Gasteiger partial charge in [0.25, 0.3) is 0 Å². The fourth-order valence-electron chi connectivity index (χ4n) is 2.44. The number of benzene rings is 2. The van der Waals surface area contributed by atoms with E-state index in [4.69, 9.17) is 4.74 Å². The first-order valence-corrected chi connectivity index (χ1v) is 10.5. The first kappa shape index (κ1) is 26.1. The number of para-hydroxylation sites is 1. The van der Waals surface area contributed by atoms with Crippen molar-refractivity contribution < 1.29 is 17.5 Å². The standard InChI is InChI=1S/C20H27FN4O3S.HI/c1-15(28-19-8-6-5-7-18(19)21)13-23-20(22-2)24-14-16-9-11-17(12-10-16)29(26,27)25(3)4;/h5-12,15H,13-14H2,1-4H3,(H2,22,23,24);1H. The minimum absolute atomic E-state index is 0. The maximum absolute atomic E-state index is 13.6. The Morgan fingerprint density at radius 1 is 1.13 bits per heavy atom. The van der Waals surface area contributed by atoms with Crippen molar-refractivity contribution in [3.8, 4) is 5.75 Å². The predicted molar refractivity (Wildman–Crippen MR) is 127 cm³/mol. The Morgan fingerprint density at radius 2 is 1.77 bits per heavy atom. The molecular formula is C20H28FIN4O3S. The minimum atomic E-state index is -3.44. The molecule has 7 nitrogen and oxygen atoms in total. The SMILES string of the molecule is CN=C(NCc1ccc(S(=O)(=O)N(C)C)cc1)NCC(C)Oc1ccccc1F.I. The summed E-state index contributed by atoms with van der Waals surface area (Å²) in [5.74, 6) is 0.359. The molecule has 30 heavy (non-hydrogen) atoms. The van der Waals surface area contributed by atoms with Gasteiger partial charge in [0.1, 0.15) is 6.10 Å². The highest BCUT2D eigenvalue weighted by Gasteiger charge is 2.16. The molecule has 0 bridgehead atoms. The van der Waals surface area contributed by atoms with Crippen LogP contribution in [0.2, 0.25) is 0 Å². The average molecular weight is 550 g/mol. The van der Waals surface area contributed by atoms with Gasteiger partial charge < -0.3 is 15.4 Å². The van der Waals surface area contributed by atoms with Gasteiger partial charge in [0, 0.05) is 27.7 Å². The highest BCUT2D eigenvalue weighted by molar-refractivity contribution is 14.0. The van der Waals surface area contributed by atoms with Crippen molar-refractivity contribution in [1.29, 1.82) is 0 Å². The van der Waals surface area contributed by atoms with E-state index >= 15 is 0 Å². The van der Waals surface area contributed by atoms with Crippen LogP contribution >= 0.6 is 24.0 Å². The van der Waals surface area contributed by atoms with Gasteiger partial charge in [0.15, 0.2) is 17.5 Å². The van der Waals surface area contributed by atoms with E-state index in [1.54, 1.807) is 49.5 Å². The molecule has 1 unspecified atom stereocenters. The van der Waals surface area contributed by atoms with Gasteiger partial charge in [0.2, 0.25) is 10.0 Å². The lowest BCUT2D eigenvalue weighted by Crippen LogP contribution is -2.41. The minimum Gasteiger partial charge on any atom is -0.486 e. The molecule has 0 spiro atoms. The van der Waals surface area contributed by atoms with Gasteiger partial charge >= 0.3 is 0 Å². The second-order valence-corrected chi connectivity index (χ2v) is 8.75. The van der Waals surface area contributed by atoms with Crippen molar-refractivity contribution in [2.75, 3.05) is 27.7 Å². The van der Waals surface area contributed by atoms with Crippen molar-refractivity contribution >= 4 is 40.0 Å². The van der Waals surface area contributed by atoms with Gasteiger partial charge in [-0.3, -0.25) is 4.99 Å². The summed E-state index contributed by atoms with van der Waals surface area (Å²) in [7, 11) is 1.20. The zero-order chi connectivity index (χ0) is 21.4. The summed E-state index contributed by atoms with van der Waals surface area (Å²) in [6.45, 7) is 2.72. The molecule has 2 aromatic rings. The molecule has 1 atom stereocenters. The quantitative estimate of drug-likeness (QED) is 0.300. The molecule has 0 heterocycles. The fraction of sp³-hybridized carbons (Fsp3) is 0.350. The zero-order valence-electron chi connectivity index (χ0n) is 17.4. The molecule has 166 valence electrons. The summed E-state index contributed by atoms with van der Waals surface area (Å²) in [6, 6.07) is 12.9. The predicted octanol–water partition coefficient (Wildman–Crippen LogP) is 2.83. The van der Waals surface area contributed by atoms with Gasteiger partial charge in [-0.05, 0) is 36.8 Å². The van der Waals surface area contributed by atoms with E-state index in [0.717, 1.165) is 5.56 Å². The lowest BCUT2D eigenvalue weighted by atomic mass is 10.2. The van der Waals surface area contributed by atoms with E-state index in [-0.39, 0.29) is 40.7 Å². The van der Waals surface area contributed by atoms with Crippen molar-refractivity contribution in [2.24, 2.45) is 4.99 Å². The van der Waals surface area contributed by atoms with E-state index in [2.05, 4.69) is 15.6 Å². The van der Waals surface area contributed by atoms with E-state index < -0.39 is 15.8 Å². The summed E-state index contributed by atoms with van der Waals surface area (Å²) in [5.41, 5.74) is 0.904. The van der Waals surface area contributed by atoms with Crippen LogP contribution < -0.4 is 15.4 Å². The first-order chi connectivity index (χ1) is 13.7. The maximum atomic E-state index is 13.6. The number of aliphatic imine (C=N–C) groups is 1. The molecule has 0 aromatic heterocycles. The van der Waals surface area contributed by atoms with Crippen molar-refractivity contribution in [1.82, 2.24) is 14.9 Å². The van der Waals surface area contributed by atoms with Crippen LogP contribution in [0.25, 0.3) is 0 Å². The van der Waals surface area contributed by atoms with Crippen LogP contribution in [0.1, 0.15) is 12.5 Å². The molecule has 0 saturated heterocycles. The van der Waals surface area contributed by atoms with E-state index in [1.165, 1.54) is 24.5 Å². The van der Waals surface area contributed by atoms with Gasteiger partial charge in [-0.2, -0.15) is 0 Å². The molecule has 0 aliphatic heterocycles. The maximum Gasteiger partial charge on any atom is 0.242 e. The molecular weight excluding hydrogens is 522 g/mol. The van der Waals surface area contributed by atoms with Crippen molar-refractivity contribution in [2.45, 2.75) is 24.5 Å². The number of halogens is 2. The number of nitrogens with one attached hydrogen (secondary N) is 2. The lowest BCUT2D eigenvalue weighted by Gasteiger charge is -2.18. The van der Waals surface area contributed by atoms with Gasteiger partial charge in [0.05, 0.1) is 11.4 Å². The molecule has 2 rings (SSSR count). The monoisotopic (exact) mass is 550 g/mol. The molecule has 0 aliphatic rings. The Morgan fingerprint density at radius 3 is 2.33 bits per heavy atom. The summed E-state index contributed by atoms with van der Waals surface area (Å²) in [4.78, 5) is 4.39. The second-order valence-electron chi connectivity index (χ2n) is 6.60. The van der Waals surface area contributed by atoms with E-state index in [0.29, 0.717) is 19.0 Å². The topological polar surface area (TPSA) is 83.0 Å². The number of nitrogens with zero attached hydrogens (tertiary/aromatic N) is 2. The van der Waals surface area contributed by atoms with Crippen LogP contribution in [0.3, 0.4) is 0 Å². The van der Waals surface area contributed by atoms with Crippen LogP contribution in [-0.2, 0) is 16.6 Å². The second kappa shape index (κ2) is 12.1. The average Bonchev–Trinajstić information content (AvgIpc) is 2.70. The highest BCUT2D eigenvalue weighted by atomic mass is 127. The van der Waals surface area contributed by atoms with Crippen LogP contribution in [0.5, 0.6) is 5.75 Å². The lowest BCUT2D eigenvalue weighted by molar-refractivity contribution is 0.214. The van der Waals surface area contributed by atoms with Crippen LogP contribution in [0.4, 0.5) is 4.39 Å². The first-order valence-electron chi connectivity index (χ1n) is 9.11. The number of guanidine groups is 1. The summed E-state index contributed by atoms with van der Waals surface area (Å²) in [6.07, 6.45) is -0.277. The van der Waals surface area contributed by atoms with Crippen molar-refractivity contribution in [3.63, 3.8) is 0 Å². The Balaban J connectivity index is 0.00000450. The number of hydrogen-bond acceptors (Lipinski definition) is 4. The number of rotatable bonds is 8. The zero-order valence-corrected chi connectivity index (χ0v) is 20.6. The van der Waals surface area contributed by atoms with Gasteiger partial charge in [-0.15, -0.1) is 24.0 Å². The normalized spacial score (nSPS) is 12.8. The van der Waals surface area contributed by atoms with Gasteiger partial charge in [-0.25, -0.2) is 17.1 Å². The van der Waals surface area contributed by atoms with Gasteiger partial charge in [-0.1, -0.05) is 24.3 Å². The third-order valence-electron chi connectivity index (χ3n) is 4.11. The molecule has 2 N–H and O–H groups in total. The number of sulfonamides is 1. The van der Waals surface area contributed by atoms with Crippen molar-refractivity contribution in [3.05, 3.63) is 59.9 Å². The van der Waals surface area contributed by atoms with Crippen LogP contribution in [0, 0.1) is 5.82 Å². The molecule has 0 amide bonds. The molecule has 0 fully saturated rings. The molecule has 0 saturated carbocycles. The number of ether oxygens (including phenoxy) is 1. The molecule has 0 aliphatic carbocycles.